The van der Waals surface area contributed by atoms with Gasteiger partial charge in [-0.05, 0) is 56.6 Å². The number of fused-ring (bicyclic) bond motifs is 3. The van der Waals surface area contributed by atoms with Crippen LogP contribution in [0.15, 0.2) is 29.2 Å². The van der Waals surface area contributed by atoms with Crippen molar-refractivity contribution in [1.29, 1.82) is 0 Å². The van der Waals surface area contributed by atoms with Gasteiger partial charge in [0.05, 0.1) is 19.3 Å². The molecule has 0 aromatic heterocycles. The van der Waals surface area contributed by atoms with Crippen LogP contribution in [0, 0.1) is 11.8 Å². The van der Waals surface area contributed by atoms with Gasteiger partial charge in [0.25, 0.3) is 10.1 Å². The van der Waals surface area contributed by atoms with Crippen molar-refractivity contribution in [3.05, 3.63) is 29.8 Å². The van der Waals surface area contributed by atoms with Gasteiger partial charge in [-0.1, -0.05) is 18.6 Å². The first-order valence-electron chi connectivity index (χ1n) is 10.9. The van der Waals surface area contributed by atoms with Gasteiger partial charge < -0.3 is 14.2 Å². The molecule has 3 aliphatic heterocycles. The zero-order chi connectivity index (χ0) is 23.0. The molecule has 0 N–H and O–H groups in total. The van der Waals surface area contributed by atoms with Crippen LogP contribution in [0.3, 0.4) is 0 Å². The minimum atomic E-state index is -4.16. The van der Waals surface area contributed by atoms with Crippen LogP contribution in [0.4, 0.5) is 0 Å². The normalized spacial score (nSPS) is 34.5. The molecular weight excluding hydrogens is 440 g/mol. The number of hydrogen-bond acceptors (Lipinski definition) is 9. The van der Waals surface area contributed by atoms with E-state index in [2.05, 4.69) is 0 Å². The molecule has 3 heterocycles. The lowest BCUT2D eigenvalue weighted by molar-refractivity contribution is -0.554. The van der Waals surface area contributed by atoms with E-state index < -0.39 is 33.8 Å². The second-order valence-corrected chi connectivity index (χ2v) is 10.3. The predicted molar refractivity (Wildman–Crippen MR) is 111 cm³/mol. The molecule has 1 saturated carbocycles. The van der Waals surface area contributed by atoms with E-state index in [1.165, 1.54) is 25.3 Å². The Labute approximate surface area is 188 Å². The van der Waals surface area contributed by atoms with E-state index in [4.69, 9.17) is 28.2 Å². The van der Waals surface area contributed by atoms with E-state index in [1.54, 1.807) is 13.2 Å². The zero-order valence-electron chi connectivity index (χ0n) is 18.6. The van der Waals surface area contributed by atoms with Gasteiger partial charge in [0.2, 0.25) is 5.79 Å². The maximum absolute atomic E-state index is 12.8. The maximum atomic E-state index is 12.8. The van der Waals surface area contributed by atoms with Crippen LogP contribution < -0.4 is 0 Å². The molecule has 178 valence electrons. The minimum Gasteiger partial charge on any atom is -0.465 e. The topological polar surface area (TPSA) is 107 Å². The summed E-state index contributed by atoms with van der Waals surface area (Å²) in [5.41, 5.74) is -0.883. The minimum absolute atomic E-state index is 0.0637. The molecule has 0 radical (unpaired) electrons. The molecule has 0 amide bonds. The van der Waals surface area contributed by atoms with Crippen molar-refractivity contribution >= 4 is 16.1 Å². The summed E-state index contributed by atoms with van der Waals surface area (Å²) in [5, 5.41) is 0. The molecule has 4 aliphatic rings. The highest BCUT2D eigenvalue weighted by Crippen LogP contribution is 2.55. The monoisotopic (exact) mass is 470 g/mol. The maximum Gasteiger partial charge on any atom is 0.339 e. The van der Waals surface area contributed by atoms with Gasteiger partial charge in [0, 0.05) is 13.5 Å². The summed E-state index contributed by atoms with van der Waals surface area (Å²) in [6.45, 7) is 1.76. The van der Waals surface area contributed by atoms with Crippen LogP contribution in [0.25, 0.3) is 0 Å². The number of carbonyl (C=O) groups excluding carboxylic acids is 1. The second-order valence-electron chi connectivity index (χ2n) is 8.76. The summed E-state index contributed by atoms with van der Waals surface area (Å²) in [4.78, 5) is 23.5. The smallest absolute Gasteiger partial charge is 0.339 e. The highest BCUT2D eigenvalue weighted by Gasteiger charge is 2.63. The molecule has 1 aliphatic carbocycles. The number of rotatable bonds is 7. The number of hydrogen-bond donors (Lipinski definition) is 0. The average molecular weight is 471 g/mol. The van der Waals surface area contributed by atoms with Gasteiger partial charge in [0.15, 0.2) is 11.9 Å². The summed E-state index contributed by atoms with van der Waals surface area (Å²) in [6, 6.07) is 5.82. The fourth-order valence-electron chi connectivity index (χ4n) is 5.29. The fraction of sp³-hybridized carbons (Fsp3) is 0.682. The molecule has 3 saturated heterocycles. The largest absolute Gasteiger partial charge is 0.465 e. The number of ether oxygens (including phenoxy) is 3. The Morgan fingerprint density at radius 1 is 1.16 bits per heavy atom. The molecular formula is C22H30O9S. The Kier molecular flexibility index (Phi) is 6.63. The molecule has 1 aromatic carbocycles. The van der Waals surface area contributed by atoms with Crippen LogP contribution >= 0.6 is 0 Å². The van der Waals surface area contributed by atoms with Crippen LogP contribution in [-0.2, 0) is 38.3 Å². The second kappa shape index (κ2) is 9.00. The predicted octanol–water partition coefficient (Wildman–Crippen LogP) is 3.18. The number of esters is 1. The lowest BCUT2D eigenvalue weighted by Gasteiger charge is -2.53. The zero-order valence-corrected chi connectivity index (χ0v) is 19.4. The SMILES string of the molecule is COC(=O)c1ccccc1S(=O)(=O)OCC[C@@H]1CCC[C@@H]2CC[C@]3(C)OO[C@]21[C@@H](OC)O3. The van der Waals surface area contributed by atoms with E-state index in [9.17, 15) is 13.2 Å². The molecule has 1 aromatic rings. The first kappa shape index (κ1) is 23.6. The molecule has 2 bridgehead atoms. The van der Waals surface area contributed by atoms with Crippen molar-refractivity contribution in [1.82, 2.24) is 0 Å². The van der Waals surface area contributed by atoms with Crippen molar-refractivity contribution in [2.24, 2.45) is 11.8 Å². The third kappa shape index (κ3) is 4.08. The van der Waals surface area contributed by atoms with Crippen molar-refractivity contribution in [2.45, 2.75) is 68.0 Å². The Hall–Kier alpha value is -1.56. The standard InChI is InChI=1S/C22H30O9S/c1-21-13-11-15-7-6-8-16(22(15,31-30-21)20(27-3)29-21)12-14-28-32(24,25)18-10-5-4-9-17(18)19(23)26-2/h4-5,9-10,15-16,20H,6-8,11-14H2,1-3H3/t15-,16+,20+,21+,22-/m1/s1. The summed E-state index contributed by atoms with van der Waals surface area (Å²) in [6.07, 6.45) is 4.12. The lowest BCUT2D eigenvalue weighted by atomic mass is 9.65. The molecule has 10 heteroatoms. The van der Waals surface area contributed by atoms with Gasteiger partial charge in [-0.2, -0.15) is 8.42 Å². The molecule has 1 spiro atoms. The Morgan fingerprint density at radius 3 is 2.69 bits per heavy atom. The highest BCUT2D eigenvalue weighted by molar-refractivity contribution is 7.86. The summed E-state index contributed by atoms with van der Waals surface area (Å²) in [5.74, 6) is -1.51. The van der Waals surface area contributed by atoms with Crippen LogP contribution in [0.1, 0.15) is 55.8 Å². The molecule has 0 unspecified atom stereocenters. The van der Waals surface area contributed by atoms with Crippen molar-refractivity contribution in [2.75, 3.05) is 20.8 Å². The number of methoxy groups -OCH3 is 2. The van der Waals surface area contributed by atoms with E-state index >= 15 is 0 Å². The number of carbonyl (C=O) groups is 1. The van der Waals surface area contributed by atoms with Gasteiger partial charge >= 0.3 is 5.97 Å². The Morgan fingerprint density at radius 2 is 1.94 bits per heavy atom. The number of benzene rings is 1. The highest BCUT2D eigenvalue weighted by atomic mass is 32.2. The van der Waals surface area contributed by atoms with Crippen molar-refractivity contribution in [3.63, 3.8) is 0 Å². The van der Waals surface area contributed by atoms with E-state index in [0.717, 1.165) is 25.7 Å². The van der Waals surface area contributed by atoms with Crippen molar-refractivity contribution in [3.8, 4) is 0 Å². The molecule has 32 heavy (non-hydrogen) atoms. The molecule has 9 nitrogen and oxygen atoms in total. The van der Waals surface area contributed by atoms with Crippen LogP contribution in [0.2, 0.25) is 0 Å². The lowest BCUT2D eigenvalue weighted by Crippen LogP contribution is -2.63. The quantitative estimate of drug-likeness (QED) is 0.337. The molecule has 5 atom stereocenters. The summed E-state index contributed by atoms with van der Waals surface area (Å²) in [7, 11) is -1.38. The average Bonchev–Trinajstić information content (AvgIpc) is 3.03. The van der Waals surface area contributed by atoms with E-state index in [1.807, 2.05) is 6.92 Å². The summed E-state index contributed by atoms with van der Waals surface area (Å²) < 4.78 is 47.5. The van der Waals surface area contributed by atoms with Gasteiger partial charge in [-0.3, -0.25) is 4.18 Å². The van der Waals surface area contributed by atoms with E-state index in [0.29, 0.717) is 12.8 Å². The first-order valence-corrected chi connectivity index (χ1v) is 12.3. The van der Waals surface area contributed by atoms with E-state index in [-0.39, 0.29) is 28.9 Å². The Bertz CT molecular complexity index is 948. The van der Waals surface area contributed by atoms with Gasteiger partial charge in [0.1, 0.15) is 4.90 Å². The Balaban J connectivity index is 1.51. The van der Waals surface area contributed by atoms with Crippen LogP contribution in [-0.4, -0.2) is 52.9 Å². The van der Waals surface area contributed by atoms with Crippen LogP contribution in [0.5, 0.6) is 0 Å². The van der Waals surface area contributed by atoms with Crippen molar-refractivity contribution < 1.29 is 41.4 Å². The van der Waals surface area contributed by atoms with Gasteiger partial charge in [-0.25, -0.2) is 14.6 Å². The van der Waals surface area contributed by atoms with Gasteiger partial charge in [-0.15, -0.1) is 0 Å². The molecule has 5 rings (SSSR count). The molecule has 4 fully saturated rings. The summed E-state index contributed by atoms with van der Waals surface area (Å²) >= 11 is 0. The fourth-order valence-corrected chi connectivity index (χ4v) is 6.40. The third-order valence-electron chi connectivity index (χ3n) is 6.90. The first-order chi connectivity index (χ1) is 15.3. The third-order valence-corrected chi connectivity index (χ3v) is 8.27.